The van der Waals surface area contributed by atoms with E-state index in [4.69, 9.17) is 4.74 Å². The van der Waals surface area contributed by atoms with Gasteiger partial charge in [-0.3, -0.25) is 0 Å². The maximum Gasteiger partial charge on any atom is 0.340 e. The molecular weight excluding hydrogens is 276 g/mol. The van der Waals surface area contributed by atoms with Crippen LogP contribution in [0.2, 0.25) is 0 Å². The Kier molecular flexibility index (Phi) is 4.10. The van der Waals surface area contributed by atoms with Crippen molar-refractivity contribution in [2.24, 2.45) is 0 Å². The molecule has 0 atom stereocenters. The van der Waals surface area contributed by atoms with Crippen molar-refractivity contribution in [3.05, 3.63) is 71.4 Å². The van der Waals surface area contributed by atoms with Gasteiger partial charge in [-0.15, -0.1) is 0 Å². The lowest BCUT2D eigenvalue weighted by molar-refractivity contribution is 0.0527. The highest BCUT2D eigenvalue weighted by atomic mass is 16.5. The number of hydrogen-bond donors (Lipinski definition) is 0. The molecule has 4 nitrogen and oxygen atoms in total. The Morgan fingerprint density at radius 2 is 1.73 bits per heavy atom. The Balaban J connectivity index is 2.12. The number of hydrogen-bond acceptors (Lipinski definition) is 4. The fourth-order valence-corrected chi connectivity index (χ4v) is 2.44. The van der Waals surface area contributed by atoms with Gasteiger partial charge in [-0.2, -0.15) is 10.2 Å². The Hall–Kier alpha value is -2.75. The van der Waals surface area contributed by atoms with Crippen LogP contribution in [0.1, 0.15) is 28.5 Å². The quantitative estimate of drug-likeness (QED) is 0.692. The fraction of sp³-hybridized carbons (Fsp3) is 0.167. The first kappa shape index (κ1) is 14.2. The second-order valence-corrected chi connectivity index (χ2v) is 4.92. The summed E-state index contributed by atoms with van der Waals surface area (Å²) in [4.78, 5) is 12.4. The molecule has 4 heteroatoms. The predicted molar refractivity (Wildman–Crippen MR) is 84.7 cm³/mol. The van der Waals surface area contributed by atoms with Crippen LogP contribution in [0.25, 0.3) is 10.9 Å². The third-order valence-electron chi connectivity index (χ3n) is 3.43. The zero-order valence-electron chi connectivity index (χ0n) is 12.3. The van der Waals surface area contributed by atoms with Crippen molar-refractivity contribution in [2.45, 2.75) is 13.3 Å². The molecule has 0 N–H and O–H groups in total. The van der Waals surface area contributed by atoms with Crippen LogP contribution < -0.4 is 0 Å². The van der Waals surface area contributed by atoms with Crippen molar-refractivity contribution >= 4 is 16.9 Å². The van der Waals surface area contributed by atoms with Crippen LogP contribution in [-0.2, 0) is 11.2 Å². The molecule has 22 heavy (non-hydrogen) atoms. The van der Waals surface area contributed by atoms with Gasteiger partial charge in [-0.05, 0) is 18.6 Å². The highest BCUT2D eigenvalue weighted by Crippen LogP contribution is 2.22. The number of carbonyl (C=O) groups excluding carboxylic acids is 1. The normalized spacial score (nSPS) is 10.6. The van der Waals surface area contributed by atoms with Crippen molar-refractivity contribution in [3.8, 4) is 0 Å². The third kappa shape index (κ3) is 2.81. The first-order chi connectivity index (χ1) is 10.8. The molecule has 1 aromatic heterocycles. The Morgan fingerprint density at radius 3 is 2.50 bits per heavy atom. The Morgan fingerprint density at radius 1 is 1.00 bits per heavy atom. The zero-order valence-corrected chi connectivity index (χ0v) is 12.3. The van der Waals surface area contributed by atoms with E-state index >= 15 is 0 Å². The molecule has 0 radical (unpaired) electrons. The zero-order chi connectivity index (χ0) is 15.4. The number of nitrogens with zero attached hydrogens (tertiary/aromatic N) is 2. The van der Waals surface area contributed by atoms with Crippen molar-refractivity contribution < 1.29 is 9.53 Å². The highest BCUT2D eigenvalue weighted by molar-refractivity contribution is 6.04. The van der Waals surface area contributed by atoms with E-state index in [1.165, 1.54) is 0 Å². The van der Waals surface area contributed by atoms with E-state index in [0.717, 1.165) is 10.9 Å². The molecule has 0 bridgehead atoms. The van der Waals surface area contributed by atoms with Crippen LogP contribution in [0, 0.1) is 0 Å². The summed E-state index contributed by atoms with van der Waals surface area (Å²) in [7, 11) is 0. The minimum Gasteiger partial charge on any atom is -0.462 e. The fourth-order valence-electron chi connectivity index (χ4n) is 2.44. The number of ether oxygens (including phenoxy) is 1. The number of benzene rings is 2. The topological polar surface area (TPSA) is 52.1 Å². The standard InChI is InChI=1S/C18H16N2O2/c1-2-22-18(21)17-14-10-6-7-11-15(14)19-20-16(17)12-13-8-4-3-5-9-13/h3-11H,2,12H2,1H3. The highest BCUT2D eigenvalue weighted by Gasteiger charge is 2.19. The molecule has 0 amide bonds. The second kappa shape index (κ2) is 6.35. The lowest BCUT2D eigenvalue weighted by Crippen LogP contribution is -2.12. The number of fused-ring (bicyclic) bond motifs is 1. The van der Waals surface area contributed by atoms with Crippen LogP contribution in [0.3, 0.4) is 0 Å². The molecule has 0 fully saturated rings. The van der Waals surface area contributed by atoms with Crippen molar-refractivity contribution in [1.29, 1.82) is 0 Å². The van der Waals surface area contributed by atoms with E-state index < -0.39 is 0 Å². The molecule has 3 aromatic rings. The minimum absolute atomic E-state index is 0.334. The van der Waals surface area contributed by atoms with Gasteiger partial charge in [-0.1, -0.05) is 48.5 Å². The van der Waals surface area contributed by atoms with Gasteiger partial charge in [0.05, 0.1) is 23.4 Å². The van der Waals surface area contributed by atoms with E-state index in [-0.39, 0.29) is 5.97 Å². The number of aromatic nitrogens is 2. The van der Waals surface area contributed by atoms with Crippen molar-refractivity contribution in [1.82, 2.24) is 10.2 Å². The molecule has 1 heterocycles. The van der Waals surface area contributed by atoms with E-state index in [0.29, 0.717) is 29.8 Å². The van der Waals surface area contributed by atoms with Crippen molar-refractivity contribution in [3.63, 3.8) is 0 Å². The van der Waals surface area contributed by atoms with E-state index in [1.807, 2.05) is 54.6 Å². The summed E-state index contributed by atoms with van der Waals surface area (Å²) in [5.74, 6) is -0.348. The maximum atomic E-state index is 12.4. The lowest BCUT2D eigenvalue weighted by Gasteiger charge is -2.10. The van der Waals surface area contributed by atoms with E-state index in [2.05, 4.69) is 10.2 Å². The molecule has 0 saturated heterocycles. The smallest absolute Gasteiger partial charge is 0.340 e. The molecule has 3 rings (SSSR count). The van der Waals surface area contributed by atoms with Gasteiger partial charge in [-0.25, -0.2) is 4.79 Å². The SMILES string of the molecule is CCOC(=O)c1c(Cc2ccccc2)nnc2ccccc12. The molecule has 0 aliphatic carbocycles. The van der Waals surface area contributed by atoms with Crippen LogP contribution in [-0.4, -0.2) is 22.8 Å². The molecule has 2 aromatic carbocycles. The molecule has 0 spiro atoms. The molecule has 0 aliphatic heterocycles. The van der Waals surface area contributed by atoms with Gasteiger partial charge in [0.1, 0.15) is 0 Å². The third-order valence-corrected chi connectivity index (χ3v) is 3.43. The van der Waals surface area contributed by atoms with Crippen molar-refractivity contribution in [2.75, 3.05) is 6.61 Å². The summed E-state index contributed by atoms with van der Waals surface area (Å²) in [6, 6.07) is 17.4. The molecule has 0 unspecified atom stereocenters. The molecule has 0 aliphatic rings. The first-order valence-corrected chi connectivity index (χ1v) is 7.25. The maximum absolute atomic E-state index is 12.4. The average Bonchev–Trinajstić information content (AvgIpc) is 2.55. The van der Waals surface area contributed by atoms with Gasteiger partial charge >= 0.3 is 5.97 Å². The first-order valence-electron chi connectivity index (χ1n) is 7.25. The van der Waals surface area contributed by atoms with Gasteiger partial charge in [0.15, 0.2) is 0 Å². The summed E-state index contributed by atoms with van der Waals surface area (Å²) >= 11 is 0. The minimum atomic E-state index is -0.348. The second-order valence-electron chi connectivity index (χ2n) is 4.92. The van der Waals surface area contributed by atoms with E-state index in [1.54, 1.807) is 6.92 Å². The number of carbonyl (C=O) groups is 1. The van der Waals surface area contributed by atoms with Gasteiger partial charge in [0.25, 0.3) is 0 Å². The Bertz CT molecular complexity index is 801. The summed E-state index contributed by atoms with van der Waals surface area (Å²) < 4.78 is 5.21. The average molecular weight is 292 g/mol. The van der Waals surface area contributed by atoms with E-state index in [9.17, 15) is 4.79 Å². The molecule has 0 saturated carbocycles. The van der Waals surface area contributed by atoms with Crippen LogP contribution in [0.4, 0.5) is 0 Å². The Labute approximate surface area is 128 Å². The lowest BCUT2D eigenvalue weighted by atomic mass is 10.0. The number of esters is 1. The summed E-state index contributed by atoms with van der Waals surface area (Å²) in [5, 5.41) is 9.26. The van der Waals surface area contributed by atoms with Gasteiger partial charge < -0.3 is 4.74 Å². The van der Waals surface area contributed by atoms with Crippen LogP contribution >= 0.6 is 0 Å². The summed E-state index contributed by atoms with van der Waals surface area (Å²) in [6.07, 6.45) is 0.548. The predicted octanol–water partition coefficient (Wildman–Crippen LogP) is 3.40. The van der Waals surface area contributed by atoms with Gasteiger partial charge in [0, 0.05) is 11.8 Å². The summed E-state index contributed by atoms with van der Waals surface area (Å²) in [5.41, 5.74) is 2.93. The van der Waals surface area contributed by atoms with Crippen LogP contribution in [0.15, 0.2) is 54.6 Å². The molecule has 110 valence electrons. The van der Waals surface area contributed by atoms with Gasteiger partial charge in [0.2, 0.25) is 0 Å². The monoisotopic (exact) mass is 292 g/mol. The molecular formula is C18H16N2O2. The summed E-state index contributed by atoms with van der Waals surface area (Å²) in [6.45, 7) is 2.13. The number of rotatable bonds is 4. The van der Waals surface area contributed by atoms with Crippen LogP contribution in [0.5, 0.6) is 0 Å². The largest absolute Gasteiger partial charge is 0.462 e.